The molecule has 0 bridgehead atoms. The van der Waals surface area contributed by atoms with E-state index in [4.69, 9.17) is 14.9 Å². The van der Waals surface area contributed by atoms with Crippen molar-refractivity contribution in [3.05, 3.63) is 17.9 Å². The number of nitrogen functional groups attached to an aromatic ring is 1. The van der Waals surface area contributed by atoms with Crippen LogP contribution < -0.4 is 10.5 Å². The number of nitrogens with two attached hydrogens (primary N) is 1. The molecule has 2 aromatic heterocycles. The topological polar surface area (TPSA) is 61.3 Å². The van der Waals surface area contributed by atoms with Crippen LogP contribution in [0.15, 0.2) is 16.5 Å². The number of hydrogen-bond donors (Lipinski definition) is 1. The number of benzene rings is 1. The van der Waals surface area contributed by atoms with Gasteiger partial charge in [0.15, 0.2) is 16.5 Å². The molecular formula is C11H10N2O2S. The van der Waals surface area contributed by atoms with Gasteiger partial charge in [0.2, 0.25) is 0 Å². The quantitative estimate of drug-likeness (QED) is 0.703. The van der Waals surface area contributed by atoms with Crippen molar-refractivity contribution >= 4 is 37.7 Å². The Labute approximate surface area is 95.6 Å². The molecule has 0 aliphatic carbocycles. The number of rotatable bonds is 1. The Morgan fingerprint density at radius 1 is 1.44 bits per heavy atom. The van der Waals surface area contributed by atoms with E-state index in [1.807, 2.05) is 19.1 Å². The normalized spacial score (nSPS) is 11.4. The Morgan fingerprint density at radius 2 is 2.25 bits per heavy atom. The highest BCUT2D eigenvalue weighted by molar-refractivity contribution is 7.22. The van der Waals surface area contributed by atoms with Gasteiger partial charge >= 0.3 is 0 Å². The van der Waals surface area contributed by atoms with Crippen LogP contribution in [0.4, 0.5) is 5.13 Å². The molecule has 0 atom stereocenters. The van der Waals surface area contributed by atoms with Crippen molar-refractivity contribution in [1.82, 2.24) is 4.98 Å². The van der Waals surface area contributed by atoms with Gasteiger partial charge in [-0.25, -0.2) is 4.98 Å². The van der Waals surface area contributed by atoms with Crippen LogP contribution >= 0.6 is 11.3 Å². The van der Waals surface area contributed by atoms with Crippen LogP contribution in [0.2, 0.25) is 0 Å². The number of hydrogen-bond acceptors (Lipinski definition) is 5. The molecule has 0 unspecified atom stereocenters. The second-order valence-corrected chi connectivity index (χ2v) is 4.64. The van der Waals surface area contributed by atoms with Gasteiger partial charge in [-0.15, -0.1) is 0 Å². The minimum atomic E-state index is 0.559. The molecular weight excluding hydrogens is 224 g/mol. The Hall–Kier alpha value is -1.75. The van der Waals surface area contributed by atoms with E-state index in [-0.39, 0.29) is 0 Å². The fraction of sp³-hybridized carbons (Fsp3) is 0.182. The van der Waals surface area contributed by atoms with Crippen LogP contribution in [-0.4, -0.2) is 12.1 Å². The van der Waals surface area contributed by atoms with Crippen molar-refractivity contribution in [3.63, 3.8) is 0 Å². The van der Waals surface area contributed by atoms with Crippen LogP contribution in [0.25, 0.3) is 21.2 Å². The summed E-state index contributed by atoms with van der Waals surface area (Å²) in [5.74, 6) is 1.56. The average molecular weight is 234 g/mol. The molecule has 2 heterocycles. The highest BCUT2D eigenvalue weighted by Crippen LogP contribution is 2.38. The molecule has 2 N–H and O–H groups in total. The molecule has 1 aromatic carbocycles. The summed E-state index contributed by atoms with van der Waals surface area (Å²) in [7, 11) is 1.63. The van der Waals surface area contributed by atoms with Gasteiger partial charge in [-0.3, -0.25) is 0 Å². The molecule has 82 valence electrons. The maximum Gasteiger partial charge on any atom is 0.181 e. The van der Waals surface area contributed by atoms with Crippen molar-refractivity contribution < 1.29 is 9.15 Å². The second kappa shape index (κ2) is 3.12. The van der Waals surface area contributed by atoms with E-state index in [0.717, 1.165) is 32.7 Å². The summed E-state index contributed by atoms with van der Waals surface area (Å²) >= 11 is 1.45. The van der Waals surface area contributed by atoms with E-state index in [1.165, 1.54) is 11.3 Å². The Balaban J connectivity index is 2.55. The maximum absolute atomic E-state index is 5.72. The average Bonchev–Trinajstić information content (AvgIpc) is 2.78. The van der Waals surface area contributed by atoms with Crippen LogP contribution in [0.3, 0.4) is 0 Å². The SMILES string of the molecule is COc1cc2sc(N)nc2c2cc(C)oc12. The zero-order chi connectivity index (χ0) is 11.3. The van der Waals surface area contributed by atoms with E-state index in [0.29, 0.717) is 5.13 Å². The summed E-state index contributed by atoms with van der Waals surface area (Å²) in [5.41, 5.74) is 7.33. The molecule has 0 fully saturated rings. The summed E-state index contributed by atoms with van der Waals surface area (Å²) < 4.78 is 11.9. The Kier molecular flexibility index (Phi) is 1.85. The summed E-state index contributed by atoms with van der Waals surface area (Å²) in [6.07, 6.45) is 0. The van der Waals surface area contributed by atoms with Crippen LogP contribution in [-0.2, 0) is 0 Å². The van der Waals surface area contributed by atoms with Crippen molar-refractivity contribution in [2.45, 2.75) is 6.92 Å². The van der Waals surface area contributed by atoms with E-state index in [2.05, 4.69) is 4.98 Å². The fourth-order valence-corrected chi connectivity index (χ4v) is 2.63. The number of methoxy groups -OCH3 is 1. The molecule has 0 saturated heterocycles. The van der Waals surface area contributed by atoms with E-state index < -0.39 is 0 Å². The zero-order valence-electron chi connectivity index (χ0n) is 8.90. The molecule has 3 rings (SSSR count). The van der Waals surface area contributed by atoms with Gasteiger partial charge < -0.3 is 14.9 Å². The smallest absolute Gasteiger partial charge is 0.181 e. The second-order valence-electron chi connectivity index (χ2n) is 3.58. The highest BCUT2D eigenvalue weighted by Gasteiger charge is 2.14. The standard InChI is InChI=1S/C11H10N2O2S/c1-5-3-6-9-8(16-11(12)13-9)4-7(14-2)10(6)15-5/h3-4H,1-2H3,(H2,12,13). The van der Waals surface area contributed by atoms with Gasteiger partial charge in [-0.2, -0.15) is 0 Å². The summed E-state index contributed by atoms with van der Waals surface area (Å²) in [4.78, 5) is 4.31. The third-order valence-electron chi connectivity index (χ3n) is 2.49. The third-order valence-corrected chi connectivity index (χ3v) is 3.32. The van der Waals surface area contributed by atoms with Gasteiger partial charge in [0.05, 0.1) is 22.7 Å². The van der Waals surface area contributed by atoms with Gasteiger partial charge in [0.1, 0.15) is 5.76 Å². The first-order valence-electron chi connectivity index (χ1n) is 4.82. The maximum atomic E-state index is 5.72. The number of aromatic nitrogens is 1. The Morgan fingerprint density at radius 3 is 3.00 bits per heavy atom. The molecule has 3 aromatic rings. The van der Waals surface area contributed by atoms with Crippen LogP contribution in [0.5, 0.6) is 5.75 Å². The minimum absolute atomic E-state index is 0.559. The molecule has 0 aliphatic rings. The van der Waals surface area contributed by atoms with Gasteiger partial charge in [-0.1, -0.05) is 11.3 Å². The number of fused-ring (bicyclic) bond motifs is 3. The number of ether oxygens (including phenoxy) is 1. The molecule has 0 amide bonds. The molecule has 5 heteroatoms. The lowest BCUT2D eigenvalue weighted by Crippen LogP contribution is -1.83. The first-order chi connectivity index (χ1) is 7.69. The predicted molar refractivity (Wildman–Crippen MR) is 65.1 cm³/mol. The molecule has 16 heavy (non-hydrogen) atoms. The van der Waals surface area contributed by atoms with Crippen molar-refractivity contribution in [3.8, 4) is 5.75 Å². The van der Waals surface area contributed by atoms with Gasteiger partial charge in [0.25, 0.3) is 0 Å². The van der Waals surface area contributed by atoms with Crippen molar-refractivity contribution in [1.29, 1.82) is 0 Å². The molecule has 0 radical (unpaired) electrons. The Bertz CT molecular complexity index is 684. The van der Waals surface area contributed by atoms with E-state index >= 15 is 0 Å². The molecule has 0 spiro atoms. The fourth-order valence-electron chi connectivity index (χ4n) is 1.85. The molecule has 4 nitrogen and oxygen atoms in total. The summed E-state index contributed by atoms with van der Waals surface area (Å²) in [5, 5.41) is 1.52. The molecule has 0 saturated carbocycles. The lowest BCUT2D eigenvalue weighted by Gasteiger charge is -2.00. The van der Waals surface area contributed by atoms with E-state index in [1.54, 1.807) is 7.11 Å². The lowest BCUT2D eigenvalue weighted by atomic mass is 10.2. The summed E-state index contributed by atoms with van der Waals surface area (Å²) in [6.45, 7) is 1.90. The molecule has 0 aliphatic heterocycles. The van der Waals surface area contributed by atoms with Crippen LogP contribution in [0.1, 0.15) is 5.76 Å². The number of thiazole rings is 1. The number of furan rings is 1. The van der Waals surface area contributed by atoms with Crippen molar-refractivity contribution in [2.24, 2.45) is 0 Å². The number of aryl methyl sites for hydroxylation is 1. The predicted octanol–water partition coefficient (Wildman–Crippen LogP) is 2.94. The number of anilines is 1. The summed E-state index contributed by atoms with van der Waals surface area (Å²) in [6, 6.07) is 3.87. The van der Waals surface area contributed by atoms with Gasteiger partial charge in [0, 0.05) is 6.07 Å². The highest BCUT2D eigenvalue weighted by atomic mass is 32.1. The monoisotopic (exact) mass is 234 g/mol. The van der Waals surface area contributed by atoms with Crippen molar-refractivity contribution in [2.75, 3.05) is 12.8 Å². The van der Waals surface area contributed by atoms with Gasteiger partial charge in [-0.05, 0) is 13.0 Å². The first kappa shape index (κ1) is 9.47. The van der Waals surface area contributed by atoms with Crippen LogP contribution in [0, 0.1) is 6.92 Å². The van der Waals surface area contributed by atoms with E-state index in [9.17, 15) is 0 Å². The zero-order valence-corrected chi connectivity index (χ0v) is 9.72. The number of nitrogens with zero attached hydrogens (tertiary/aromatic N) is 1. The minimum Gasteiger partial charge on any atom is -0.493 e. The largest absolute Gasteiger partial charge is 0.493 e. The lowest BCUT2D eigenvalue weighted by molar-refractivity contribution is 0.409. The first-order valence-corrected chi connectivity index (χ1v) is 5.64. The third kappa shape index (κ3) is 1.18.